The molecule has 0 amide bonds. The van der Waals surface area contributed by atoms with E-state index in [2.05, 4.69) is 10.1 Å². The van der Waals surface area contributed by atoms with Crippen molar-refractivity contribution in [2.45, 2.75) is 18.6 Å². The maximum absolute atomic E-state index is 11.6. The molecule has 1 heterocycles. The number of nitrogens with one attached hydrogen (secondary N) is 1. The van der Waals surface area contributed by atoms with Gasteiger partial charge >= 0.3 is 11.9 Å². The smallest absolute Gasteiger partial charge is 0.341 e. The molecule has 6 nitrogen and oxygen atoms in total. The maximum atomic E-state index is 11.6. The van der Waals surface area contributed by atoms with Gasteiger partial charge in [-0.3, -0.25) is 4.79 Å². The summed E-state index contributed by atoms with van der Waals surface area (Å²) >= 11 is 0. The Balaban J connectivity index is 0.00000220. The van der Waals surface area contributed by atoms with E-state index in [-0.39, 0.29) is 30.5 Å². The van der Waals surface area contributed by atoms with Crippen molar-refractivity contribution in [2.24, 2.45) is 0 Å². The van der Waals surface area contributed by atoms with Crippen LogP contribution in [0.1, 0.15) is 16.8 Å². The fraction of sp³-hybridized carbons (Fsp3) is 0.429. The van der Waals surface area contributed by atoms with E-state index in [0.29, 0.717) is 24.3 Å². The van der Waals surface area contributed by atoms with Crippen molar-refractivity contribution >= 4 is 24.3 Å². The lowest BCUT2D eigenvalue weighted by Crippen LogP contribution is -2.31. The van der Waals surface area contributed by atoms with E-state index in [9.17, 15) is 9.59 Å². The Bertz CT molecular complexity index is 508. The quantitative estimate of drug-likeness (QED) is 0.841. The van der Waals surface area contributed by atoms with E-state index in [1.165, 1.54) is 14.2 Å². The molecule has 116 valence electrons. The van der Waals surface area contributed by atoms with Crippen LogP contribution < -0.4 is 10.1 Å². The Morgan fingerprint density at radius 2 is 1.90 bits per heavy atom. The molecule has 0 bridgehead atoms. The summed E-state index contributed by atoms with van der Waals surface area (Å²) in [5.74, 6) is -0.301. The fourth-order valence-corrected chi connectivity index (χ4v) is 2.14. The minimum absolute atomic E-state index is 0. The van der Waals surface area contributed by atoms with Crippen LogP contribution in [0.2, 0.25) is 0 Å². The van der Waals surface area contributed by atoms with Crippen molar-refractivity contribution in [1.29, 1.82) is 0 Å². The van der Waals surface area contributed by atoms with Crippen molar-refractivity contribution in [1.82, 2.24) is 5.32 Å². The van der Waals surface area contributed by atoms with E-state index >= 15 is 0 Å². The van der Waals surface area contributed by atoms with Crippen molar-refractivity contribution < 1.29 is 23.8 Å². The van der Waals surface area contributed by atoms with Gasteiger partial charge in [-0.25, -0.2) is 4.79 Å². The molecule has 0 spiro atoms. The zero-order valence-electron chi connectivity index (χ0n) is 11.8. The lowest BCUT2D eigenvalue weighted by Gasteiger charge is -2.15. The Kier molecular flexibility index (Phi) is 6.45. The lowest BCUT2D eigenvalue weighted by molar-refractivity contribution is -0.142. The summed E-state index contributed by atoms with van der Waals surface area (Å²) in [5.41, 5.74) is 0.372. The molecule has 1 N–H and O–H groups in total. The molecule has 21 heavy (non-hydrogen) atoms. The van der Waals surface area contributed by atoms with Gasteiger partial charge in [-0.15, -0.1) is 12.4 Å². The van der Waals surface area contributed by atoms with Gasteiger partial charge < -0.3 is 19.5 Å². The molecule has 1 aromatic carbocycles. The predicted molar refractivity (Wildman–Crippen MR) is 77.9 cm³/mol. The van der Waals surface area contributed by atoms with Crippen LogP contribution >= 0.6 is 12.4 Å². The number of ether oxygens (including phenoxy) is 3. The first kappa shape index (κ1) is 17.3. The highest BCUT2D eigenvalue weighted by Gasteiger charge is 2.32. The van der Waals surface area contributed by atoms with Crippen LogP contribution in [-0.2, 0) is 14.3 Å². The third-order valence-electron chi connectivity index (χ3n) is 3.16. The number of carbonyl (C=O) groups excluding carboxylic acids is 2. The molecule has 0 aromatic heterocycles. The van der Waals surface area contributed by atoms with E-state index in [0.717, 1.165) is 0 Å². The zero-order valence-corrected chi connectivity index (χ0v) is 12.6. The number of hydrogen-bond acceptors (Lipinski definition) is 6. The van der Waals surface area contributed by atoms with Crippen LogP contribution in [-0.4, -0.2) is 44.8 Å². The number of methoxy groups -OCH3 is 2. The van der Waals surface area contributed by atoms with Gasteiger partial charge in [-0.1, -0.05) is 12.1 Å². The van der Waals surface area contributed by atoms with Crippen LogP contribution in [0.5, 0.6) is 5.75 Å². The number of para-hydroxylation sites is 1. The second-order valence-electron chi connectivity index (χ2n) is 4.45. The van der Waals surface area contributed by atoms with E-state index < -0.39 is 5.97 Å². The average molecular weight is 316 g/mol. The summed E-state index contributed by atoms with van der Waals surface area (Å²) < 4.78 is 15.2. The lowest BCUT2D eigenvalue weighted by atomic mass is 10.2. The molecule has 1 aliphatic heterocycles. The Hall–Kier alpha value is -1.79. The molecule has 1 fully saturated rings. The summed E-state index contributed by atoms with van der Waals surface area (Å²) in [4.78, 5) is 23.1. The summed E-state index contributed by atoms with van der Waals surface area (Å²) in [5, 5.41) is 3.02. The number of hydrogen-bond donors (Lipinski definition) is 1. The van der Waals surface area contributed by atoms with Gasteiger partial charge in [0, 0.05) is 13.0 Å². The first-order valence-electron chi connectivity index (χ1n) is 6.31. The molecule has 0 radical (unpaired) electrons. The number of esters is 2. The summed E-state index contributed by atoms with van der Waals surface area (Å²) in [7, 11) is 2.67. The van der Waals surface area contributed by atoms with E-state index in [1.54, 1.807) is 24.3 Å². The highest BCUT2D eigenvalue weighted by molar-refractivity contribution is 5.92. The normalized spacial score (nSPS) is 20.3. The molecule has 1 saturated heterocycles. The molecular formula is C14H18ClNO5. The zero-order chi connectivity index (χ0) is 14.5. The SMILES string of the molecule is COC(=O)c1ccccc1O[C@H]1CN[C@H](C(=O)OC)C1.Cl. The summed E-state index contributed by atoms with van der Waals surface area (Å²) in [6.45, 7) is 0.523. The molecule has 0 aliphatic carbocycles. The average Bonchev–Trinajstić information content (AvgIpc) is 2.94. The molecule has 7 heteroatoms. The minimum atomic E-state index is -0.448. The number of halogens is 1. The summed E-state index contributed by atoms with van der Waals surface area (Å²) in [6, 6.07) is 6.50. The van der Waals surface area contributed by atoms with Gasteiger partial charge in [-0.05, 0) is 12.1 Å². The van der Waals surface area contributed by atoms with Crippen molar-refractivity contribution in [3.05, 3.63) is 29.8 Å². The Morgan fingerprint density at radius 1 is 1.19 bits per heavy atom. The Labute approximate surface area is 129 Å². The van der Waals surface area contributed by atoms with Gasteiger partial charge in [0.25, 0.3) is 0 Å². The van der Waals surface area contributed by atoms with Gasteiger partial charge in [0.2, 0.25) is 0 Å². The second kappa shape index (κ2) is 7.85. The third kappa shape index (κ3) is 4.09. The highest BCUT2D eigenvalue weighted by Crippen LogP contribution is 2.23. The third-order valence-corrected chi connectivity index (χ3v) is 3.16. The Morgan fingerprint density at radius 3 is 2.57 bits per heavy atom. The van der Waals surface area contributed by atoms with Gasteiger partial charge in [-0.2, -0.15) is 0 Å². The van der Waals surface area contributed by atoms with Gasteiger partial charge in [0.1, 0.15) is 23.5 Å². The van der Waals surface area contributed by atoms with Crippen LogP contribution in [0.3, 0.4) is 0 Å². The molecular weight excluding hydrogens is 298 g/mol. The number of benzene rings is 1. The largest absolute Gasteiger partial charge is 0.488 e. The monoisotopic (exact) mass is 315 g/mol. The van der Waals surface area contributed by atoms with Crippen LogP contribution in [0, 0.1) is 0 Å². The second-order valence-corrected chi connectivity index (χ2v) is 4.45. The van der Waals surface area contributed by atoms with E-state index in [1.807, 2.05) is 0 Å². The first-order valence-corrected chi connectivity index (χ1v) is 6.31. The maximum Gasteiger partial charge on any atom is 0.341 e. The van der Waals surface area contributed by atoms with E-state index in [4.69, 9.17) is 9.47 Å². The van der Waals surface area contributed by atoms with Gasteiger partial charge in [0.05, 0.1) is 14.2 Å². The molecule has 2 rings (SSSR count). The first-order chi connectivity index (χ1) is 9.65. The number of carbonyl (C=O) groups is 2. The van der Waals surface area contributed by atoms with Crippen molar-refractivity contribution in [3.63, 3.8) is 0 Å². The number of rotatable bonds is 4. The van der Waals surface area contributed by atoms with Crippen molar-refractivity contribution in [3.8, 4) is 5.75 Å². The van der Waals surface area contributed by atoms with Crippen LogP contribution in [0.15, 0.2) is 24.3 Å². The van der Waals surface area contributed by atoms with Crippen LogP contribution in [0.25, 0.3) is 0 Å². The van der Waals surface area contributed by atoms with Crippen LogP contribution in [0.4, 0.5) is 0 Å². The molecule has 1 aliphatic rings. The van der Waals surface area contributed by atoms with Gasteiger partial charge in [0.15, 0.2) is 0 Å². The topological polar surface area (TPSA) is 73.9 Å². The predicted octanol–water partition coefficient (Wildman–Crippen LogP) is 1.18. The highest BCUT2D eigenvalue weighted by atomic mass is 35.5. The van der Waals surface area contributed by atoms with Crippen molar-refractivity contribution in [2.75, 3.05) is 20.8 Å². The molecule has 0 unspecified atom stereocenters. The molecule has 2 atom stereocenters. The standard InChI is InChI=1S/C14H17NO5.ClH/c1-18-13(16)10-5-3-4-6-12(10)20-9-7-11(15-8-9)14(17)19-2;/h3-6,9,11,15H,7-8H2,1-2H3;1H/t9-,11+;/m1./s1. The molecule has 1 aromatic rings. The minimum Gasteiger partial charge on any atom is -0.488 e. The molecule has 0 saturated carbocycles. The summed E-state index contributed by atoms with van der Waals surface area (Å²) in [6.07, 6.45) is 0.312. The fourth-order valence-electron chi connectivity index (χ4n) is 2.14.